The highest BCUT2D eigenvalue weighted by atomic mass is 32.2. The van der Waals surface area contributed by atoms with E-state index in [0.29, 0.717) is 12.2 Å². The maximum Gasteiger partial charge on any atom is 0.212 e. The second kappa shape index (κ2) is 4.98. The van der Waals surface area contributed by atoms with Crippen molar-refractivity contribution in [3.8, 4) is 0 Å². The average molecular weight is 253 g/mol. The van der Waals surface area contributed by atoms with Crippen LogP contribution < -0.4 is 10.6 Å². The molecule has 0 fully saturated rings. The molecule has 2 rings (SSSR count). The van der Waals surface area contributed by atoms with Crippen LogP contribution in [0.1, 0.15) is 0 Å². The fourth-order valence-electron chi connectivity index (χ4n) is 1.52. The van der Waals surface area contributed by atoms with E-state index >= 15 is 0 Å². The van der Waals surface area contributed by atoms with Crippen molar-refractivity contribution in [1.82, 2.24) is 4.98 Å². The third-order valence-corrected chi connectivity index (χ3v) is 2.63. The van der Waals surface area contributed by atoms with Crippen LogP contribution in [0.25, 0.3) is 10.9 Å². The Balaban J connectivity index is 2.23. The number of amides is 1. The maximum atomic E-state index is 10.5. The normalized spacial score (nSPS) is 12.3. The Kier molecular flexibility index (Phi) is 3.40. The first-order chi connectivity index (χ1) is 8.19. The van der Waals surface area contributed by atoms with Crippen molar-refractivity contribution in [3.63, 3.8) is 0 Å². The Labute approximate surface area is 99.7 Å². The van der Waals surface area contributed by atoms with Gasteiger partial charge in [0.2, 0.25) is 6.41 Å². The van der Waals surface area contributed by atoms with E-state index in [4.69, 9.17) is 4.55 Å². The van der Waals surface area contributed by atoms with Crippen molar-refractivity contribution < 1.29 is 13.6 Å². The first-order valence-electron chi connectivity index (χ1n) is 4.83. The van der Waals surface area contributed by atoms with Crippen molar-refractivity contribution in [3.05, 3.63) is 24.3 Å². The summed E-state index contributed by atoms with van der Waals surface area (Å²) in [4.78, 5) is 13.3. The SMILES string of the molecule is O=CNc1cc2ccc(NCS(=O)O)cc2[nH]1. The molecule has 17 heavy (non-hydrogen) atoms. The fourth-order valence-corrected chi connectivity index (χ4v) is 1.81. The molecule has 0 saturated carbocycles. The molecule has 6 nitrogen and oxygen atoms in total. The zero-order chi connectivity index (χ0) is 12.3. The Morgan fingerprint density at radius 1 is 1.41 bits per heavy atom. The van der Waals surface area contributed by atoms with Gasteiger partial charge in [0, 0.05) is 16.6 Å². The highest BCUT2D eigenvalue weighted by molar-refractivity contribution is 7.79. The number of aromatic nitrogens is 1. The summed E-state index contributed by atoms with van der Waals surface area (Å²) in [5, 5.41) is 6.29. The highest BCUT2D eigenvalue weighted by Crippen LogP contribution is 2.21. The first-order valence-corrected chi connectivity index (χ1v) is 6.11. The molecule has 7 heteroatoms. The molecule has 1 amide bonds. The minimum atomic E-state index is -1.88. The van der Waals surface area contributed by atoms with Crippen molar-refractivity contribution in [2.45, 2.75) is 0 Å². The van der Waals surface area contributed by atoms with Gasteiger partial charge in [-0.15, -0.1) is 0 Å². The van der Waals surface area contributed by atoms with E-state index in [9.17, 15) is 9.00 Å². The van der Waals surface area contributed by atoms with Crippen LogP contribution in [-0.4, -0.2) is 26.0 Å². The van der Waals surface area contributed by atoms with Gasteiger partial charge in [-0.1, -0.05) is 6.07 Å². The first kappa shape index (κ1) is 11.6. The predicted molar refractivity (Wildman–Crippen MR) is 67.2 cm³/mol. The van der Waals surface area contributed by atoms with Crippen LogP contribution in [-0.2, 0) is 15.9 Å². The average Bonchev–Trinajstić information content (AvgIpc) is 2.68. The summed E-state index contributed by atoms with van der Waals surface area (Å²) in [6.07, 6.45) is 0.596. The molecule has 0 aliphatic carbocycles. The largest absolute Gasteiger partial charge is 0.372 e. The van der Waals surface area contributed by atoms with Crippen LogP contribution in [0.4, 0.5) is 11.5 Å². The van der Waals surface area contributed by atoms with Crippen molar-refractivity contribution in [2.24, 2.45) is 0 Å². The standard InChI is InChI=1S/C10H11N3O3S/c14-5-11-10-3-7-1-2-8(4-9(7)13-10)12-6-17(15)16/h1-5,12-13H,6H2,(H,11,14)(H,15,16). The quantitative estimate of drug-likeness (QED) is 0.477. The second-order valence-electron chi connectivity index (χ2n) is 3.39. The lowest BCUT2D eigenvalue weighted by Crippen LogP contribution is -2.06. The number of hydrogen-bond acceptors (Lipinski definition) is 3. The minimum absolute atomic E-state index is 0.0222. The predicted octanol–water partition coefficient (Wildman–Crippen LogP) is 1.33. The van der Waals surface area contributed by atoms with Gasteiger partial charge in [0.05, 0.1) is 0 Å². The Morgan fingerprint density at radius 3 is 2.94 bits per heavy atom. The number of benzene rings is 1. The molecule has 1 aromatic carbocycles. The molecule has 0 saturated heterocycles. The molecule has 2 aromatic rings. The molecule has 1 atom stereocenters. The van der Waals surface area contributed by atoms with Gasteiger partial charge in [-0.3, -0.25) is 4.79 Å². The van der Waals surface area contributed by atoms with Gasteiger partial charge in [-0.25, -0.2) is 4.21 Å². The number of fused-ring (bicyclic) bond motifs is 1. The smallest absolute Gasteiger partial charge is 0.212 e. The molecule has 0 aliphatic rings. The second-order valence-corrected chi connectivity index (χ2v) is 4.32. The van der Waals surface area contributed by atoms with Crippen LogP contribution >= 0.6 is 0 Å². The molecule has 0 radical (unpaired) electrons. The zero-order valence-electron chi connectivity index (χ0n) is 8.77. The summed E-state index contributed by atoms with van der Waals surface area (Å²) >= 11 is -1.88. The number of carbonyl (C=O) groups excluding carboxylic acids is 1. The van der Waals surface area contributed by atoms with E-state index < -0.39 is 11.1 Å². The molecule has 1 heterocycles. The van der Waals surface area contributed by atoms with Gasteiger partial charge >= 0.3 is 0 Å². The van der Waals surface area contributed by atoms with Gasteiger partial charge in [-0.05, 0) is 18.2 Å². The number of rotatable bonds is 5. The zero-order valence-corrected chi connectivity index (χ0v) is 9.58. The van der Waals surface area contributed by atoms with Gasteiger partial charge in [0.15, 0.2) is 11.1 Å². The van der Waals surface area contributed by atoms with Crippen molar-refractivity contribution in [2.75, 3.05) is 16.5 Å². The van der Waals surface area contributed by atoms with E-state index in [2.05, 4.69) is 15.6 Å². The van der Waals surface area contributed by atoms with E-state index in [1.807, 2.05) is 6.07 Å². The van der Waals surface area contributed by atoms with Crippen molar-refractivity contribution >= 4 is 39.9 Å². The van der Waals surface area contributed by atoms with Gasteiger partial charge in [-0.2, -0.15) is 0 Å². The Morgan fingerprint density at radius 2 is 2.24 bits per heavy atom. The maximum absolute atomic E-state index is 10.5. The summed E-state index contributed by atoms with van der Waals surface area (Å²) in [6.45, 7) is 0. The van der Waals surface area contributed by atoms with Gasteiger partial charge in [0.25, 0.3) is 0 Å². The van der Waals surface area contributed by atoms with E-state index in [1.54, 1.807) is 18.2 Å². The third-order valence-electron chi connectivity index (χ3n) is 2.24. The minimum Gasteiger partial charge on any atom is -0.372 e. The number of nitrogens with one attached hydrogen (secondary N) is 3. The molecule has 1 aromatic heterocycles. The van der Waals surface area contributed by atoms with Crippen LogP contribution in [0, 0.1) is 0 Å². The number of H-pyrrole nitrogens is 1. The molecule has 4 N–H and O–H groups in total. The van der Waals surface area contributed by atoms with E-state index in [1.165, 1.54) is 0 Å². The number of aromatic amines is 1. The van der Waals surface area contributed by atoms with Crippen molar-refractivity contribution in [1.29, 1.82) is 0 Å². The van der Waals surface area contributed by atoms with Crippen LogP contribution in [0.3, 0.4) is 0 Å². The van der Waals surface area contributed by atoms with E-state index in [0.717, 1.165) is 16.6 Å². The summed E-state index contributed by atoms with van der Waals surface area (Å²) in [7, 11) is 0. The highest BCUT2D eigenvalue weighted by Gasteiger charge is 2.01. The topological polar surface area (TPSA) is 94.2 Å². The van der Waals surface area contributed by atoms with Crippen LogP contribution in [0.2, 0.25) is 0 Å². The summed E-state index contributed by atoms with van der Waals surface area (Å²) in [5.74, 6) is 0.587. The van der Waals surface area contributed by atoms with Gasteiger partial charge < -0.3 is 20.2 Å². The number of hydrogen-bond donors (Lipinski definition) is 4. The summed E-state index contributed by atoms with van der Waals surface area (Å²) in [6, 6.07) is 7.26. The molecule has 0 aliphatic heterocycles. The lowest BCUT2D eigenvalue weighted by Gasteiger charge is -2.02. The monoisotopic (exact) mass is 253 g/mol. The Bertz CT molecular complexity index is 567. The fraction of sp³-hybridized carbons (Fsp3) is 0.100. The molecule has 0 bridgehead atoms. The third kappa shape index (κ3) is 2.83. The number of anilines is 2. The van der Waals surface area contributed by atoms with E-state index in [-0.39, 0.29) is 5.88 Å². The summed E-state index contributed by atoms with van der Waals surface area (Å²) in [5.41, 5.74) is 1.57. The Hall–Kier alpha value is -1.86. The molecule has 1 unspecified atom stereocenters. The molecular weight excluding hydrogens is 242 g/mol. The molecule has 0 spiro atoms. The molecule has 90 valence electrons. The van der Waals surface area contributed by atoms with Gasteiger partial charge in [0.1, 0.15) is 11.7 Å². The van der Waals surface area contributed by atoms with Crippen LogP contribution in [0.5, 0.6) is 0 Å². The lowest BCUT2D eigenvalue weighted by molar-refractivity contribution is -0.105. The molecular formula is C10H11N3O3S. The number of carbonyl (C=O) groups is 1. The van der Waals surface area contributed by atoms with Crippen LogP contribution in [0.15, 0.2) is 24.3 Å². The lowest BCUT2D eigenvalue weighted by atomic mass is 10.2. The summed E-state index contributed by atoms with van der Waals surface area (Å²) < 4.78 is 19.2.